The van der Waals surface area contributed by atoms with Crippen LogP contribution in [0.1, 0.15) is 18.1 Å². The molecule has 0 fully saturated rings. The van der Waals surface area contributed by atoms with Crippen molar-refractivity contribution in [1.29, 1.82) is 0 Å². The Morgan fingerprint density at radius 1 is 1.10 bits per heavy atom. The molecule has 2 rings (SSSR count). The van der Waals surface area contributed by atoms with E-state index in [9.17, 15) is 4.79 Å². The molecule has 0 radical (unpaired) electrons. The number of hydrogen-bond donors (Lipinski definition) is 0. The van der Waals surface area contributed by atoms with Gasteiger partial charge in [-0.2, -0.15) is 0 Å². The second kappa shape index (κ2) is 6.24. The van der Waals surface area contributed by atoms with Crippen molar-refractivity contribution >= 4 is 11.6 Å². The standard InChI is InChI=1S/C17H19NO2/c1-13-8-4-7-11-17(13)20-12-15-9-5-6-10-16(15)18(3)14(2)19/h4-11H,12H2,1-3H3. The lowest BCUT2D eigenvalue weighted by Gasteiger charge is -2.19. The van der Waals surface area contributed by atoms with Crippen LogP contribution in [0.5, 0.6) is 5.75 Å². The predicted octanol–water partition coefficient (Wildman–Crippen LogP) is 3.56. The van der Waals surface area contributed by atoms with Gasteiger partial charge < -0.3 is 9.64 Å². The van der Waals surface area contributed by atoms with E-state index < -0.39 is 0 Å². The highest BCUT2D eigenvalue weighted by atomic mass is 16.5. The van der Waals surface area contributed by atoms with E-state index in [4.69, 9.17) is 4.74 Å². The summed E-state index contributed by atoms with van der Waals surface area (Å²) < 4.78 is 5.86. The van der Waals surface area contributed by atoms with Crippen molar-refractivity contribution in [3.8, 4) is 5.75 Å². The fraction of sp³-hybridized carbons (Fsp3) is 0.235. The van der Waals surface area contributed by atoms with Crippen LogP contribution >= 0.6 is 0 Å². The smallest absolute Gasteiger partial charge is 0.223 e. The van der Waals surface area contributed by atoms with Gasteiger partial charge in [0.25, 0.3) is 0 Å². The molecule has 0 aliphatic heterocycles. The first kappa shape index (κ1) is 14.1. The minimum Gasteiger partial charge on any atom is -0.489 e. The van der Waals surface area contributed by atoms with Gasteiger partial charge in [-0.3, -0.25) is 4.79 Å². The molecule has 3 heteroatoms. The van der Waals surface area contributed by atoms with Crippen molar-refractivity contribution in [3.05, 3.63) is 59.7 Å². The van der Waals surface area contributed by atoms with Crippen molar-refractivity contribution in [2.24, 2.45) is 0 Å². The molecule has 20 heavy (non-hydrogen) atoms. The number of para-hydroxylation sites is 2. The zero-order valence-electron chi connectivity index (χ0n) is 12.1. The molecule has 0 aliphatic carbocycles. The Morgan fingerprint density at radius 2 is 1.75 bits per heavy atom. The van der Waals surface area contributed by atoms with E-state index in [0.29, 0.717) is 6.61 Å². The molecule has 0 aromatic heterocycles. The first-order chi connectivity index (χ1) is 9.59. The van der Waals surface area contributed by atoms with Gasteiger partial charge in [-0.05, 0) is 24.6 Å². The molecule has 104 valence electrons. The van der Waals surface area contributed by atoms with Gasteiger partial charge in [-0.15, -0.1) is 0 Å². The topological polar surface area (TPSA) is 29.5 Å². The van der Waals surface area contributed by atoms with Crippen LogP contribution in [0.2, 0.25) is 0 Å². The summed E-state index contributed by atoms with van der Waals surface area (Å²) in [6.07, 6.45) is 0. The molecule has 0 saturated carbocycles. The van der Waals surface area contributed by atoms with E-state index in [-0.39, 0.29) is 5.91 Å². The number of ether oxygens (including phenoxy) is 1. The lowest BCUT2D eigenvalue weighted by Crippen LogP contribution is -2.24. The molecule has 2 aromatic carbocycles. The zero-order chi connectivity index (χ0) is 14.5. The highest BCUT2D eigenvalue weighted by molar-refractivity contribution is 5.91. The second-order valence-electron chi connectivity index (χ2n) is 4.76. The number of anilines is 1. The van der Waals surface area contributed by atoms with Crippen LogP contribution in [-0.4, -0.2) is 13.0 Å². The van der Waals surface area contributed by atoms with E-state index in [0.717, 1.165) is 22.6 Å². The predicted molar refractivity (Wildman–Crippen MR) is 81.0 cm³/mol. The maximum atomic E-state index is 11.5. The summed E-state index contributed by atoms with van der Waals surface area (Å²) in [5.41, 5.74) is 2.98. The Bertz CT molecular complexity index is 607. The summed E-state index contributed by atoms with van der Waals surface area (Å²) in [5, 5.41) is 0. The van der Waals surface area contributed by atoms with E-state index in [1.807, 2.05) is 55.5 Å². The van der Waals surface area contributed by atoms with E-state index in [2.05, 4.69) is 0 Å². The third-order valence-corrected chi connectivity index (χ3v) is 3.30. The van der Waals surface area contributed by atoms with Gasteiger partial charge in [0, 0.05) is 25.2 Å². The van der Waals surface area contributed by atoms with Gasteiger partial charge in [-0.1, -0.05) is 36.4 Å². The molecular formula is C17H19NO2. The molecule has 0 heterocycles. The van der Waals surface area contributed by atoms with Gasteiger partial charge in [0.1, 0.15) is 12.4 Å². The number of amides is 1. The number of benzene rings is 2. The number of carbonyl (C=O) groups excluding carboxylic acids is 1. The van der Waals surface area contributed by atoms with Crippen LogP contribution in [0.4, 0.5) is 5.69 Å². The molecule has 0 N–H and O–H groups in total. The lowest BCUT2D eigenvalue weighted by atomic mass is 10.1. The lowest BCUT2D eigenvalue weighted by molar-refractivity contribution is -0.116. The van der Waals surface area contributed by atoms with Crippen LogP contribution in [0.3, 0.4) is 0 Å². The normalized spacial score (nSPS) is 10.2. The molecular weight excluding hydrogens is 250 g/mol. The zero-order valence-corrected chi connectivity index (χ0v) is 12.1. The average molecular weight is 269 g/mol. The minimum atomic E-state index is 0.00772. The minimum absolute atomic E-state index is 0.00772. The van der Waals surface area contributed by atoms with Crippen LogP contribution in [0.15, 0.2) is 48.5 Å². The molecule has 0 unspecified atom stereocenters. The molecule has 0 saturated heterocycles. The van der Waals surface area contributed by atoms with E-state index in [1.54, 1.807) is 18.9 Å². The highest BCUT2D eigenvalue weighted by Gasteiger charge is 2.10. The molecule has 0 atom stereocenters. The Hall–Kier alpha value is -2.29. The van der Waals surface area contributed by atoms with Crippen molar-refractivity contribution in [2.75, 3.05) is 11.9 Å². The Morgan fingerprint density at radius 3 is 2.45 bits per heavy atom. The van der Waals surface area contributed by atoms with Gasteiger partial charge >= 0.3 is 0 Å². The van der Waals surface area contributed by atoms with E-state index >= 15 is 0 Å². The maximum Gasteiger partial charge on any atom is 0.223 e. The van der Waals surface area contributed by atoms with Crippen molar-refractivity contribution in [2.45, 2.75) is 20.5 Å². The number of rotatable bonds is 4. The van der Waals surface area contributed by atoms with Crippen LogP contribution in [0, 0.1) is 6.92 Å². The van der Waals surface area contributed by atoms with Crippen molar-refractivity contribution in [1.82, 2.24) is 0 Å². The summed E-state index contributed by atoms with van der Waals surface area (Å²) >= 11 is 0. The van der Waals surface area contributed by atoms with Gasteiger partial charge in [0.2, 0.25) is 5.91 Å². The number of aryl methyl sites for hydroxylation is 1. The highest BCUT2D eigenvalue weighted by Crippen LogP contribution is 2.23. The molecule has 0 spiro atoms. The van der Waals surface area contributed by atoms with Gasteiger partial charge in [-0.25, -0.2) is 0 Å². The van der Waals surface area contributed by atoms with Crippen molar-refractivity contribution in [3.63, 3.8) is 0 Å². The third kappa shape index (κ3) is 3.18. The summed E-state index contributed by atoms with van der Waals surface area (Å²) in [7, 11) is 1.77. The Kier molecular flexibility index (Phi) is 4.41. The molecule has 3 nitrogen and oxygen atoms in total. The molecule has 1 amide bonds. The Balaban J connectivity index is 2.18. The molecule has 0 bridgehead atoms. The Labute approximate surface area is 119 Å². The third-order valence-electron chi connectivity index (χ3n) is 3.30. The average Bonchev–Trinajstić information content (AvgIpc) is 2.46. The second-order valence-corrected chi connectivity index (χ2v) is 4.76. The first-order valence-electron chi connectivity index (χ1n) is 6.60. The fourth-order valence-electron chi connectivity index (χ4n) is 2.00. The van der Waals surface area contributed by atoms with Crippen LogP contribution in [-0.2, 0) is 11.4 Å². The number of hydrogen-bond acceptors (Lipinski definition) is 2. The summed E-state index contributed by atoms with van der Waals surface area (Å²) in [6.45, 7) is 4.01. The fourth-order valence-corrected chi connectivity index (χ4v) is 2.00. The van der Waals surface area contributed by atoms with Gasteiger partial charge in [0.05, 0.1) is 0 Å². The molecule has 2 aromatic rings. The SMILES string of the molecule is CC(=O)N(C)c1ccccc1COc1ccccc1C. The number of carbonyl (C=O) groups is 1. The van der Waals surface area contributed by atoms with E-state index in [1.165, 1.54) is 0 Å². The van der Waals surface area contributed by atoms with Crippen LogP contribution in [0.25, 0.3) is 0 Å². The first-order valence-corrected chi connectivity index (χ1v) is 6.60. The van der Waals surface area contributed by atoms with Crippen molar-refractivity contribution < 1.29 is 9.53 Å². The monoisotopic (exact) mass is 269 g/mol. The van der Waals surface area contributed by atoms with Crippen LogP contribution < -0.4 is 9.64 Å². The van der Waals surface area contributed by atoms with Gasteiger partial charge in [0.15, 0.2) is 0 Å². The quantitative estimate of drug-likeness (QED) is 0.849. The number of nitrogens with zero attached hydrogens (tertiary/aromatic N) is 1. The molecule has 0 aliphatic rings. The summed E-state index contributed by atoms with van der Waals surface area (Å²) in [5.74, 6) is 0.876. The maximum absolute atomic E-state index is 11.5. The summed E-state index contributed by atoms with van der Waals surface area (Å²) in [4.78, 5) is 13.1. The largest absolute Gasteiger partial charge is 0.489 e. The summed E-state index contributed by atoms with van der Waals surface area (Å²) in [6, 6.07) is 15.7.